The molecular weight excluding hydrogens is 314 g/mol. The molecule has 2 heterocycles. The molecule has 1 aliphatic rings. The monoisotopic (exact) mass is 333 g/mol. The Morgan fingerprint density at radius 3 is 2.74 bits per heavy atom. The van der Waals surface area contributed by atoms with Crippen molar-refractivity contribution in [3.63, 3.8) is 0 Å². The molecule has 7 heteroatoms. The van der Waals surface area contributed by atoms with Gasteiger partial charge in [0.25, 0.3) is 5.91 Å². The van der Waals surface area contributed by atoms with E-state index in [4.69, 9.17) is 9.47 Å². The second kappa shape index (κ2) is 7.54. The summed E-state index contributed by atoms with van der Waals surface area (Å²) in [6.07, 6.45) is -0.323. The first-order valence-electron chi connectivity index (χ1n) is 7.56. The van der Waals surface area contributed by atoms with Gasteiger partial charge >= 0.3 is 0 Å². The van der Waals surface area contributed by atoms with Crippen LogP contribution in [0.25, 0.3) is 0 Å². The molecule has 2 aromatic rings. The fourth-order valence-corrected chi connectivity index (χ4v) is 2.96. The number of carbonyl (C=O) groups excluding carboxylic acids is 1. The molecule has 0 saturated carbocycles. The summed E-state index contributed by atoms with van der Waals surface area (Å²) < 4.78 is 10.9. The van der Waals surface area contributed by atoms with Crippen molar-refractivity contribution in [3.05, 3.63) is 45.9 Å². The number of anilines is 1. The maximum absolute atomic E-state index is 11.7. The van der Waals surface area contributed by atoms with Crippen molar-refractivity contribution < 1.29 is 14.3 Å². The number of thiazole rings is 1. The summed E-state index contributed by atoms with van der Waals surface area (Å²) in [6, 6.07) is 7.40. The van der Waals surface area contributed by atoms with Gasteiger partial charge in [-0.15, -0.1) is 11.3 Å². The van der Waals surface area contributed by atoms with Gasteiger partial charge in [-0.2, -0.15) is 0 Å². The van der Waals surface area contributed by atoms with E-state index in [2.05, 4.69) is 15.6 Å². The molecule has 1 aliphatic heterocycles. The lowest BCUT2D eigenvalue weighted by Gasteiger charge is -2.07. The van der Waals surface area contributed by atoms with E-state index in [1.807, 2.05) is 24.4 Å². The van der Waals surface area contributed by atoms with Gasteiger partial charge < -0.3 is 20.1 Å². The van der Waals surface area contributed by atoms with E-state index in [0.29, 0.717) is 31.9 Å². The fourth-order valence-electron chi connectivity index (χ4n) is 2.22. The maximum Gasteiger partial charge on any atom is 0.251 e. The molecule has 6 nitrogen and oxygen atoms in total. The van der Waals surface area contributed by atoms with Crippen LogP contribution in [0.5, 0.6) is 0 Å². The number of nitrogens with zero attached hydrogens (tertiary/aromatic N) is 1. The lowest BCUT2D eigenvalue weighted by Crippen LogP contribution is -2.22. The minimum atomic E-state index is -0.323. The van der Waals surface area contributed by atoms with E-state index < -0.39 is 0 Å². The largest absolute Gasteiger partial charge is 0.379 e. The zero-order valence-electron chi connectivity index (χ0n) is 12.9. The highest BCUT2D eigenvalue weighted by molar-refractivity contribution is 7.09. The molecule has 1 fully saturated rings. The maximum atomic E-state index is 11.7. The molecule has 1 saturated heterocycles. The van der Waals surface area contributed by atoms with Crippen LogP contribution in [-0.4, -0.2) is 30.6 Å². The van der Waals surface area contributed by atoms with Gasteiger partial charge in [0.05, 0.1) is 19.8 Å². The molecular formula is C16H19N3O3S. The highest BCUT2D eigenvalue weighted by Gasteiger charge is 2.20. The molecule has 1 amide bonds. The summed E-state index contributed by atoms with van der Waals surface area (Å²) in [5.41, 5.74) is 2.43. The molecule has 1 aromatic carbocycles. The molecule has 2 N–H and O–H groups in total. The molecule has 0 unspecified atom stereocenters. The first kappa shape index (κ1) is 15.9. The number of hydrogen-bond acceptors (Lipinski definition) is 6. The third kappa shape index (κ3) is 4.07. The lowest BCUT2D eigenvalue weighted by molar-refractivity contribution is -0.0469. The first-order valence-corrected chi connectivity index (χ1v) is 8.44. The topological polar surface area (TPSA) is 72.5 Å². The van der Waals surface area contributed by atoms with E-state index in [1.54, 1.807) is 23.5 Å². The molecule has 122 valence electrons. The van der Waals surface area contributed by atoms with Gasteiger partial charge in [-0.25, -0.2) is 4.98 Å². The quantitative estimate of drug-likeness (QED) is 0.850. The van der Waals surface area contributed by atoms with Gasteiger partial charge in [0, 0.05) is 23.2 Å². The Morgan fingerprint density at radius 1 is 1.30 bits per heavy atom. The van der Waals surface area contributed by atoms with Crippen molar-refractivity contribution in [3.8, 4) is 0 Å². The number of aromatic nitrogens is 1. The van der Waals surface area contributed by atoms with E-state index in [1.165, 1.54) is 0 Å². The van der Waals surface area contributed by atoms with Gasteiger partial charge in [0.1, 0.15) is 10.7 Å². The third-order valence-corrected chi connectivity index (χ3v) is 4.23. The van der Waals surface area contributed by atoms with Crippen molar-refractivity contribution >= 4 is 22.9 Å². The van der Waals surface area contributed by atoms with Gasteiger partial charge in [0.2, 0.25) is 6.29 Å². The third-order valence-electron chi connectivity index (χ3n) is 3.36. The number of nitrogens with one attached hydrogen (secondary N) is 2. The van der Waals surface area contributed by atoms with Crippen LogP contribution in [0, 0.1) is 0 Å². The van der Waals surface area contributed by atoms with Crippen LogP contribution in [0.1, 0.15) is 34.3 Å². The number of rotatable bonds is 6. The van der Waals surface area contributed by atoms with E-state index in [9.17, 15) is 4.79 Å². The van der Waals surface area contributed by atoms with Gasteiger partial charge in [-0.1, -0.05) is 0 Å². The molecule has 0 spiro atoms. The van der Waals surface area contributed by atoms with E-state index >= 15 is 0 Å². The van der Waals surface area contributed by atoms with E-state index in [-0.39, 0.29) is 12.2 Å². The van der Waals surface area contributed by atoms with Crippen LogP contribution in [0.3, 0.4) is 0 Å². The number of hydrogen-bond donors (Lipinski definition) is 2. The van der Waals surface area contributed by atoms with Crippen molar-refractivity contribution in [1.82, 2.24) is 10.3 Å². The number of ether oxygens (including phenoxy) is 2. The second-order valence-electron chi connectivity index (χ2n) is 5.03. The van der Waals surface area contributed by atoms with Crippen LogP contribution in [0.15, 0.2) is 29.6 Å². The average molecular weight is 333 g/mol. The normalized spacial score (nSPS) is 14.8. The molecule has 0 aliphatic carbocycles. The number of benzene rings is 1. The van der Waals surface area contributed by atoms with Crippen LogP contribution in [0.2, 0.25) is 0 Å². The van der Waals surface area contributed by atoms with Crippen LogP contribution in [-0.2, 0) is 16.0 Å². The minimum Gasteiger partial charge on any atom is -0.379 e. The van der Waals surface area contributed by atoms with Crippen molar-refractivity contribution in [1.29, 1.82) is 0 Å². The smallest absolute Gasteiger partial charge is 0.251 e. The Kier molecular flexibility index (Phi) is 5.22. The molecule has 3 rings (SSSR count). The Morgan fingerprint density at radius 2 is 2.04 bits per heavy atom. The summed E-state index contributed by atoms with van der Waals surface area (Å²) in [5.74, 6) is -0.0554. The standard InChI is InChI=1S/C16H19N3O3S/c1-2-17-15(20)11-3-5-12(6-4-11)18-9-14-19-13(10-23-14)16-21-7-8-22-16/h3-6,10,16,18H,2,7-9H2,1H3,(H,17,20). The summed E-state index contributed by atoms with van der Waals surface area (Å²) >= 11 is 1.57. The Labute approximate surface area is 138 Å². The fraction of sp³-hybridized carbons (Fsp3) is 0.375. The van der Waals surface area contributed by atoms with Crippen LogP contribution < -0.4 is 10.6 Å². The first-order chi connectivity index (χ1) is 11.3. The molecule has 0 atom stereocenters. The molecule has 0 radical (unpaired) electrons. The summed E-state index contributed by atoms with van der Waals surface area (Å²) in [7, 11) is 0. The van der Waals surface area contributed by atoms with Gasteiger partial charge in [-0.3, -0.25) is 4.79 Å². The molecule has 0 bridgehead atoms. The van der Waals surface area contributed by atoms with Crippen LogP contribution >= 0.6 is 11.3 Å². The predicted octanol–water partition coefficient (Wildman–Crippen LogP) is 2.55. The minimum absolute atomic E-state index is 0.0554. The lowest BCUT2D eigenvalue weighted by atomic mass is 10.2. The predicted molar refractivity (Wildman–Crippen MR) is 88.5 cm³/mol. The summed E-state index contributed by atoms with van der Waals surface area (Å²) in [5, 5.41) is 9.00. The van der Waals surface area contributed by atoms with Crippen molar-refractivity contribution in [2.24, 2.45) is 0 Å². The Hall–Kier alpha value is -1.96. The molecule has 23 heavy (non-hydrogen) atoms. The van der Waals surface area contributed by atoms with Gasteiger partial charge in [0.15, 0.2) is 0 Å². The molecule has 1 aromatic heterocycles. The van der Waals surface area contributed by atoms with E-state index in [0.717, 1.165) is 16.4 Å². The van der Waals surface area contributed by atoms with Crippen LogP contribution in [0.4, 0.5) is 5.69 Å². The summed E-state index contributed by atoms with van der Waals surface area (Å²) in [6.45, 7) is 4.39. The second-order valence-corrected chi connectivity index (χ2v) is 5.97. The Bertz CT molecular complexity index is 651. The zero-order chi connectivity index (χ0) is 16.1. The SMILES string of the molecule is CCNC(=O)c1ccc(NCc2nc(C3OCCO3)cs2)cc1. The van der Waals surface area contributed by atoms with Crippen molar-refractivity contribution in [2.75, 3.05) is 25.1 Å². The average Bonchev–Trinajstić information content (AvgIpc) is 3.25. The van der Waals surface area contributed by atoms with Gasteiger partial charge in [-0.05, 0) is 31.2 Å². The number of carbonyl (C=O) groups is 1. The summed E-state index contributed by atoms with van der Waals surface area (Å²) in [4.78, 5) is 16.2. The van der Waals surface area contributed by atoms with Crippen molar-refractivity contribution in [2.45, 2.75) is 19.8 Å². The number of amides is 1. The Balaban J connectivity index is 1.54. The highest BCUT2D eigenvalue weighted by atomic mass is 32.1. The zero-order valence-corrected chi connectivity index (χ0v) is 13.7. The highest BCUT2D eigenvalue weighted by Crippen LogP contribution is 2.25.